The van der Waals surface area contributed by atoms with E-state index in [9.17, 15) is 9.59 Å². The maximum Gasteiger partial charge on any atom is 0.338 e. The van der Waals surface area contributed by atoms with Crippen LogP contribution < -0.4 is 29.1 Å². The van der Waals surface area contributed by atoms with Gasteiger partial charge in [-0.25, -0.2) is 9.79 Å². The molecular weight excluding hydrogens is 468 g/mol. The summed E-state index contributed by atoms with van der Waals surface area (Å²) in [6, 6.07) is 12.0. The molecule has 2 heterocycles. The Kier molecular flexibility index (Phi) is 7.07. The van der Waals surface area contributed by atoms with Gasteiger partial charge in [-0.05, 0) is 32.1 Å². The van der Waals surface area contributed by atoms with E-state index in [0.29, 0.717) is 37.8 Å². The summed E-state index contributed by atoms with van der Waals surface area (Å²) in [6.07, 6.45) is 1.77. The molecule has 0 amide bonds. The molecule has 0 saturated heterocycles. The van der Waals surface area contributed by atoms with E-state index in [1.165, 1.54) is 30.1 Å². The molecule has 8 nitrogen and oxygen atoms in total. The minimum Gasteiger partial charge on any atom is -0.496 e. The van der Waals surface area contributed by atoms with Crippen LogP contribution in [0.1, 0.15) is 31.0 Å². The molecule has 1 unspecified atom stereocenters. The van der Waals surface area contributed by atoms with Crippen LogP contribution in [0.2, 0.25) is 0 Å². The molecule has 0 radical (unpaired) electrons. The summed E-state index contributed by atoms with van der Waals surface area (Å²) in [5.74, 6) is 1.02. The maximum atomic E-state index is 13.8. The van der Waals surface area contributed by atoms with Crippen molar-refractivity contribution in [1.82, 2.24) is 4.57 Å². The third-order valence-corrected chi connectivity index (χ3v) is 6.65. The van der Waals surface area contributed by atoms with Gasteiger partial charge in [0.25, 0.3) is 5.56 Å². The third kappa shape index (κ3) is 4.35. The summed E-state index contributed by atoms with van der Waals surface area (Å²) in [4.78, 5) is 32.0. The molecule has 0 spiro atoms. The van der Waals surface area contributed by atoms with E-state index in [-0.39, 0.29) is 17.7 Å². The number of aromatic nitrogens is 1. The van der Waals surface area contributed by atoms with E-state index in [2.05, 4.69) is 4.99 Å². The van der Waals surface area contributed by atoms with Gasteiger partial charge < -0.3 is 18.9 Å². The van der Waals surface area contributed by atoms with Crippen LogP contribution in [-0.2, 0) is 9.53 Å². The quantitative estimate of drug-likeness (QED) is 0.470. The van der Waals surface area contributed by atoms with E-state index in [0.717, 1.165) is 5.56 Å². The molecule has 1 aromatic heterocycles. The SMILES string of the molecule is CCOC(=O)C1=C(C)N=c2s/c(=C\c3ccccc3OC)c(=O)n2C1c1cccc(OC)c1OC. The van der Waals surface area contributed by atoms with Gasteiger partial charge in [-0.15, -0.1) is 0 Å². The number of carbonyl (C=O) groups is 1. The monoisotopic (exact) mass is 494 g/mol. The minimum atomic E-state index is -0.810. The Morgan fingerprint density at radius 2 is 1.77 bits per heavy atom. The molecule has 4 rings (SSSR count). The van der Waals surface area contributed by atoms with Crippen LogP contribution in [0.5, 0.6) is 17.2 Å². The Morgan fingerprint density at radius 1 is 1.06 bits per heavy atom. The van der Waals surface area contributed by atoms with Crippen LogP contribution >= 0.6 is 11.3 Å². The van der Waals surface area contributed by atoms with Gasteiger partial charge in [0, 0.05) is 11.1 Å². The van der Waals surface area contributed by atoms with Gasteiger partial charge in [-0.1, -0.05) is 41.7 Å². The summed E-state index contributed by atoms with van der Waals surface area (Å²) in [5, 5.41) is 0. The first-order valence-electron chi connectivity index (χ1n) is 11.0. The number of nitrogens with zero attached hydrogens (tertiary/aromatic N) is 2. The molecule has 0 aliphatic carbocycles. The van der Waals surface area contributed by atoms with Gasteiger partial charge >= 0.3 is 5.97 Å². The van der Waals surface area contributed by atoms with Crippen LogP contribution in [0.3, 0.4) is 0 Å². The topological polar surface area (TPSA) is 88.4 Å². The predicted molar refractivity (Wildman–Crippen MR) is 133 cm³/mol. The number of rotatable bonds is 7. The van der Waals surface area contributed by atoms with E-state index >= 15 is 0 Å². The number of esters is 1. The molecule has 1 aliphatic heterocycles. The van der Waals surface area contributed by atoms with Gasteiger partial charge in [0.1, 0.15) is 11.8 Å². The fourth-order valence-electron chi connectivity index (χ4n) is 4.14. The standard InChI is InChI=1S/C26H26N2O6S/c1-6-34-25(30)21-15(2)27-26-28(22(21)17-11-9-13-19(32-4)23(17)33-5)24(29)20(35-26)14-16-10-7-8-12-18(16)31-3/h7-14,22H,6H2,1-5H3/b20-14-. The number of thiazole rings is 1. The largest absolute Gasteiger partial charge is 0.496 e. The van der Waals surface area contributed by atoms with Crippen LogP contribution in [0.15, 0.2) is 63.5 Å². The van der Waals surface area contributed by atoms with E-state index in [1.807, 2.05) is 24.3 Å². The van der Waals surface area contributed by atoms with Crippen molar-refractivity contribution in [3.8, 4) is 17.2 Å². The van der Waals surface area contributed by atoms with Crippen LogP contribution in [0.25, 0.3) is 6.08 Å². The fraction of sp³-hybridized carbons (Fsp3) is 0.269. The molecule has 182 valence electrons. The van der Waals surface area contributed by atoms with Gasteiger partial charge in [0.15, 0.2) is 16.3 Å². The molecule has 0 N–H and O–H groups in total. The Morgan fingerprint density at radius 3 is 2.46 bits per heavy atom. The number of hydrogen-bond acceptors (Lipinski definition) is 8. The summed E-state index contributed by atoms with van der Waals surface area (Å²) in [5.41, 5.74) is 1.81. The van der Waals surface area contributed by atoms with Crippen molar-refractivity contribution in [2.75, 3.05) is 27.9 Å². The van der Waals surface area contributed by atoms with Crippen LogP contribution in [0, 0.1) is 0 Å². The Balaban J connectivity index is 2.03. The Labute approximate surface area is 206 Å². The smallest absolute Gasteiger partial charge is 0.338 e. The summed E-state index contributed by atoms with van der Waals surface area (Å²) < 4.78 is 23.9. The fourth-order valence-corrected chi connectivity index (χ4v) is 5.18. The van der Waals surface area contributed by atoms with E-state index in [1.54, 1.807) is 45.2 Å². The minimum absolute atomic E-state index is 0.190. The molecular formula is C26H26N2O6S. The highest BCUT2D eigenvalue weighted by Crippen LogP contribution is 2.40. The Bertz CT molecular complexity index is 1480. The second-order valence-electron chi connectivity index (χ2n) is 7.63. The number of fused-ring (bicyclic) bond motifs is 1. The lowest BCUT2D eigenvalue weighted by molar-refractivity contribution is -0.139. The predicted octanol–water partition coefficient (Wildman–Crippen LogP) is 2.82. The number of carbonyl (C=O) groups excluding carboxylic acids is 1. The third-order valence-electron chi connectivity index (χ3n) is 5.67. The van der Waals surface area contributed by atoms with Crippen molar-refractivity contribution in [2.24, 2.45) is 4.99 Å². The lowest BCUT2D eigenvalue weighted by Gasteiger charge is -2.26. The molecule has 2 aromatic carbocycles. The van der Waals surface area contributed by atoms with Crippen molar-refractivity contribution in [1.29, 1.82) is 0 Å². The number of allylic oxidation sites excluding steroid dienone is 1. The zero-order valence-corrected chi connectivity index (χ0v) is 21.0. The van der Waals surface area contributed by atoms with Crippen molar-refractivity contribution >= 4 is 23.4 Å². The van der Waals surface area contributed by atoms with E-state index in [4.69, 9.17) is 18.9 Å². The van der Waals surface area contributed by atoms with Crippen molar-refractivity contribution < 1.29 is 23.7 Å². The van der Waals surface area contributed by atoms with Gasteiger partial charge in [0.05, 0.1) is 43.7 Å². The average molecular weight is 495 g/mol. The normalized spacial score (nSPS) is 15.3. The molecule has 1 atom stereocenters. The number of benzene rings is 2. The number of hydrogen-bond donors (Lipinski definition) is 0. The highest BCUT2D eigenvalue weighted by Gasteiger charge is 2.35. The van der Waals surface area contributed by atoms with Gasteiger partial charge in [-0.3, -0.25) is 9.36 Å². The summed E-state index contributed by atoms with van der Waals surface area (Å²) in [7, 11) is 4.64. The summed E-state index contributed by atoms with van der Waals surface area (Å²) >= 11 is 1.24. The van der Waals surface area contributed by atoms with Crippen molar-refractivity contribution in [2.45, 2.75) is 19.9 Å². The number of methoxy groups -OCH3 is 3. The molecule has 9 heteroatoms. The lowest BCUT2D eigenvalue weighted by Crippen LogP contribution is -2.40. The van der Waals surface area contributed by atoms with Crippen molar-refractivity contribution in [3.05, 3.63) is 84.5 Å². The first-order chi connectivity index (χ1) is 16.9. The second kappa shape index (κ2) is 10.2. The molecule has 3 aromatic rings. The zero-order chi connectivity index (χ0) is 25.1. The number of para-hydroxylation sites is 2. The molecule has 35 heavy (non-hydrogen) atoms. The van der Waals surface area contributed by atoms with Gasteiger partial charge in [0.2, 0.25) is 0 Å². The molecule has 0 bridgehead atoms. The highest BCUT2D eigenvalue weighted by atomic mass is 32.1. The van der Waals surface area contributed by atoms with E-state index < -0.39 is 12.0 Å². The highest BCUT2D eigenvalue weighted by molar-refractivity contribution is 7.07. The number of ether oxygens (including phenoxy) is 4. The molecule has 0 saturated carbocycles. The maximum absolute atomic E-state index is 13.8. The Hall–Kier alpha value is -3.85. The zero-order valence-electron chi connectivity index (χ0n) is 20.2. The van der Waals surface area contributed by atoms with Crippen LogP contribution in [0.4, 0.5) is 0 Å². The second-order valence-corrected chi connectivity index (χ2v) is 8.64. The first-order valence-corrected chi connectivity index (χ1v) is 11.8. The van der Waals surface area contributed by atoms with Crippen molar-refractivity contribution in [3.63, 3.8) is 0 Å². The average Bonchev–Trinajstić information content (AvgIpc) is 3.17. The lowest BCUT2D eigenvalue weighted by atomic mass is 9.94. The van der Waals surface area contributed by atoms with Crippen LogP contribution in [-0.4, -0.2) is 38.5 Å². The summed E-state index contributed by atoms with van der Waals surface area (Å²) in [6.45, 7) is 3.66. The first kappa shape index (κ1) is 24.3. The molecule has 1 aliphatic rings. The van der Waals surface area contributed by atoms with Gasteiger partial charge in [-0.2, -0.15) is 0 Å². The molecule has 0 fully saturated rings.